The summed E-state index contributed by atoms with van der Waals surface area (Å²) in [6, 6.07) is 2.06. The maximum Gasteiger partial charge on any atom is 0.183 e. The third-order valence-electron chi connectivity index (χ3n) is 7.42. The Bertz CT molecular complexity index is 1140. The van der Waals surface area contributed by atoms with Crippen LogP contribution in [0.4, 0.5) is 23.1 Å². The maximum absolute atomic E-state index is 6.46. The van der Waals surface area contributed by atoms with E-state index in [4.69, 9.17) is 20.4 Å². The molecular weight excluding hydrogens is 408 g/mol. The molecule has 0 radical (unpaired) electrons. The van der Waals surface area contributed by atoms with Crippen molar-refractivity contribution < 1.29 is 4.74 Å². The van der Waals surface area contributed by atoms with Crippen LogP contribution in [0.2, 0.25) is 0 Å². The van der Waals surface area contributed by atoms with Crippen LogP contribution < -0.4 is 20.4 Å². The molecule has 2 atom stereocenters. The number of fused-ring (bicyclic) bond motifs is 2. The van der Waals surface area contributed by atoms with E-state index in [0.717, 1.165) is 74.3 Å². The zero-order valence-electron chi connectivity index (χ0n) is 18.4. The van der Waals surface area contributed by atoms with E-state index >= 15 is 0 Å². The Morgan fingerprint density at radius 2 is 2.03 bits per heavy atom. The van der Waals surface area contributed by atoms with Gasteiger partial charge in [-0.15, -0.1) is 5.10 Å². The molecule has 1 spiro atoms. The standard InChI is InChI=1S/C21H28N10O/c1-13-17(22)21(12-32-13)4-7-30(8-5-21)15-11-23-16-18(25-15)26-28-20(16)31-10-9-29(2)19-14(31)3-6-24-27-19/h3,6,11,13,17H,4-5,7-10,12,22H2,1-2H3,(H,25,26,28)/t13-,17+/m0/s1. The molecule has 0 aromatic carbocycles. The summed E-state index contributed by atoms with van der Waals surface area (Å²) in [6.45, 7) is 6.24. The molecule has 0 bridgehead atoms. The van der Waals surface area contributed by atoms with Crippen molar-refractivity contribution in [3.8, 4) is 0 Å². The number of rotatable bonds is 2. The number of nitrogens with zero attached hydrogens (tertiary/aromatic N) is 8. The number of anilines is 4. The minimum absolute atomic E-state index is 0.0896. The van der Waals surface area contributed by atoms with Gasteiger partial charge in [0.05, 0.1) is 30.8 Å². The molecule has 2 saturated heterocycles. The van der Waals surface area contributed by atoms with Crippen LogP contribution in [0.15, 0.2) is 18.5 Å². The first-order chi connectivity index (χ1) is 15.6. The van der Waals surface area contributed by atoms with E-state index in [2.05, 4.69) is 42.0 Å². The van der Waals surface area contributed by atoms with Crippen LogP contribution in [0.3, 0.4) is 0 Å². The number of nitrogens with one attached hydrogen (secondary N) is 1. The lowest BCUT2D eigenvalue weighted by atomic mass is 9.73. The van der Waals surface area contributed by atoms with E-state index in [0.29, 0.717) is 5.65 Å². The molecule has 168 valence electrons. The van der Waals surface area contributed by atoms with E-state index < -0.39 is 0 Å². The molecule has 3 N–H and O–H groups in total. The van der Waals surface area contributed by atoms with Crippen molar-refractivity contribution in [2.75, 3.05) is 54.5 Å². The van der Waals surface area contributed by atoms with Crippen molar-refractivity contribution in [3.05, 3.63) is 18.5 Å². The molecule has 3 aliphatic rings. The second kappa shape index (κ2) is 7.24. The van der Waals surface area contributed by atoms with Crippen molar-refractivity contribution in [2.24, 2.45) is 11.1 Å². The number of ether oxygens (including phenoxy) is 1. The summed E-state index contributed by atoms with van der Waals surface area (Å²) < 4.78 is 5.85. The van der Waals surface area contributed by atoms with Crippen molar-refractivity contribution in [2.45, 2.75) is 31.9 Å². The van der Waals surface area contributed by atoms with Crippen LogP contribution in [-0.4, -0.2) is 82.3 Å². The molecule has 0 saturated carbocycles. The number of hydrogen-bond donors (Lipinski definition) is 2. The molecule has 3 aromatic heterocycles. The maximum atomic E-state index is 6.46. The fourth-order valence-electron chi connectivity index (χ4n) is 5.27. The number of aromatic amines is 1. The van der Waals surface area contributed by atoms with Gasteiger partial charge in [0.1, 0.15) is 5.82 Å². The highest BCUT2D eigenvalue weighted by atomic mass is 16.5. The van der Waals surface area contributed by atoms with Crippen LogP contribution in [-0.2, 0) is 4.74 Å². The first-order valence-corrected chi connectivity index (χ1v) is 11.2. The van der Waals surface area contributed by atoms with E-state index in [1.165, 1.54) is 0 Å². The summed E-state index contributed by atoms with van der Waals surface area (Å²) in [6.07, 6.45) is 5.70. The van der Waals surface area contributed by atoms with Crippen molar-refractivity contribution in [3.63, 3.8) is 0 Å². The number of likely N-dealkylation sites (N-methyl/N-ethyl adjacent to an activating group) is 1. The lowest BCUT2D eigenvalue weighted by Crippen LogP contribution is -2.50. The second-order valence-electron chi connectivity index (χ2n) is 9.18. The summed E-state index contributed by atoms with van der Waals surface area (Å²) in [5, 5.41) is 16.0. The van der Waals surface area contributed by atoms with Crippen LogP contribution in [0.5, 0.6) is 0 Å². The van der Waals surface area contributed by atoms with Crippen LogP contribution >= 0.6 is 0 Å². The van der Waals surface area contributed by atoms with E-state index in [9.17, 15) is 0 Å². The van der Waals surface area contributed by atoms with Crippen molar-refractivity contribution in [1.29, 1.82) is 0 Å². The van der Waals surface area contributed by atoms with Gasteiger partial charge in [-0.05, 0) is 25.8 Å². The fourth-order valence-corrected chi connectivity index (χ4v) is 5.27. The molecule has 0 aliphatic carbocycles. The van der Waals surface area contributed by atoms with Gasteiger partial charge in [0.15, 0.2) is 22.8 Å². The average Bonchev–Trinajstić information content (AvgIpc) is 3.37. The minimum atomic E-state index is 0.0896. The van der Waals surface area contributed by atoms with Gasteiger partial charge >= 0.3 is 0 Å². The zero-order valence-corrected chi connectivity index (χ0v) is 18.4. The van der Waals surface area contributed by atoms with E-state index in [1.807, 2.05) is 19.3 Å². The number of H-pyrrole nitrogens is 1. The quantitative estimate of drug-likeness (QED) is 0.602. The van der Waals surface area contributed by atoms with Gasteiger partial charge in [-0.3, -0.25) is 5.10 Å². The number of hydrogen-bond acceptors (Lipinski definition) is 10. The highest BCUT2D eigenvalue weighted by Gasteiger charge is 2.47. The van der Waals surface area contributed by atoms with Gasteiger partial charge in [-0.25, -0.2) is 9.97 Å². The molecule has 3 aliphatic heterocycles. The number of piperidine rings is 1. The van der Waals surface area contributed by atoms with Crippen LogP contribution in [0, 0.1) is 5.41 Å². The molecule has 32 heavy (non-hydrogen) atoms. The molecule has 6 rings (SSSR count). The summed E-state index contributed by atoms with van der Waals surface area (Å²) in [5.74, 6) is 2.47. The van der Waals surface area contributed by atoms with Crippen molar-refractivity contribution >= 4 is 34.3 Å². The molecule has 0 unspecified atom stereocenters. The Kier molecular flexibility index (Phi) is 4.44. The highest BCUT2D eigenvalue weighted by Crippen LogP contribution is 2.42. The monoisotopic (exact) mass is 436 g/mol. The largest absolute Gasteiger partial charge is 0.376 e. The molecule has 11 nitrogen and oxygen atoms in total. The Labute approximate surface area is 186 Å². The Morgan fingerprint density at radius 1 is 1.19 bits per heavy atom. The van der Waals surface area contributed by atoms with Gasteiger partial charge in [-0.1, -0.05) is 0 Å². The van der Waals surface area contributed by atoms with Crippen LogP contribution in [0.1, 0.15) is 19.8 Å². The molecule has 0 amide bonds. The molecular formula is C21H28N10O. The number of nitrogens with two attached hydrogens (primary N) is 1. The van der Waals surface area contributed by atoms with Gasteiger partial charge in [0, 0.05) is 44.7 Å². The molecule has 2 fully saturated rings. The van der Waals surface area contributed by atoms with Crippen molar-refractivity contribution in [1.82, 2.24) is 30.4 Å². The predicted octanol–water partition coefficient (Wildman–Crippen LogP) is 1.06. The normalized spacial score (nSPS) is 25.0. The Morgan fingerprint density at radius 3 is 2.81 bits per heavy atom. The van der Waals surface area contributed by atoms with Gasteiger partial charge in [-0.2, -0.15) is 10.2 Å². The Hall–Kier alpha value is -3.05. The summed E-state index contributed by atoms with van der Waals surface area (Å²) in [4.78, 5) is 16.1. The smallest absolute Gasteiger partial charge is 0.183 e. The fraction of sp³-hybridized carbons (Fsp3) is 0.571. The predicted molar refractivity (Wildman–Crippen MR) is 121 cm³/mol. The van der Waals surface area contributed by atoms with E-state index in [1.54, 1.807) is 6.20 Å². The third kappa shape index (κ3) is 2.91. The molecule has 6 heterocycles. The molecule has 3 aromatic rings. The highest BCUT2D eigenvalue weighted by molar-refractivity contribution is 5.89. The summed E-state index contributed by atoms with van der Waals surface area (Å²) in [5.41, 5.74) is 8.97. The first-order valence-electron chi connectivity index (χ1n) is 11.2. The SMILES string of the molecule is C[C@@H]1OCC2(CCN(c3cnc4c(N5CCN(C)c6nnccc65)n[nH]c4n3)CC2)[C@@H]1N. The van der Waals surface area contributed by atoms with E-state index in [-0.39, 0.29) is 17.6 Å². The Balaban J connectivity index is 1.25. The van der Waals surface area contributed by atoms with Gasteiger partial charge in [0.2, 0.25) is 0 Å². The lowest BCUT2D eigenvalue weighted by Gasteiger charge is -2.41. The van der Waals surface area contributed by atoms with Gasteiger partial charge in [0.25, 0.3) is 0 Å². The third-order valence-corrected chi connectivity index (χ3v) is 7.42. The van der Waals surface area contributed by atoms with Crippen LogP contribution in [0.25, 0.3) is 11.2 Å². The minimum Gasteiger partial charge on any atom is -0.376 e. The number of aromatic nitrogens is 6. The zero-order chi connectivity index (χ0) is 21.9. The second-order valence-corrected chi connectivity index (χ2v) is 9.18. The average molecular weight is 437 g/mol. The lowest BCUT2D eigenvalue weighted by molar-refractivity contribution is 0.0974. The topological polar surface area (TPSA) is 125 Å². The molecule has 11 heteroatoms. The van der Waals surface area contributed by atoms with Gasteiger partial charge < -0.3 is 25.2 Å². The summed E-state index contributed by atoms with van der Waals surface area (Å²) >= 11 is 0. The first kappa shape index (κ1) is 19.6. The summed E-state index contributed by atoms with van der Waals surface area (Å²) in [7, 11) is 2.02.